The highest BCUT2D eigenvalue weighted by Crippen LogP contribution is 2.25. The molecule has 1 atom stereocenters. The maximum atomic E-state index is 10.7. The van der Waals surface area contributed by atoms with Crippen molar-refractivity contribution in [2.24, 2.45) is 0 Å². The highest BCUT2D eigenvalue weighted by atomic mass is 35.5. The van der Waals surface area contributed by atoms with E-state index in [1.54, 1.807) is 18.2 Å². The summed E-state index contributed by atoms with van der Waals surface area (Å²) in [5, 5.41) is 18.3. The van der Waals surface area contributed by atoms with Crippen molar-refractivity contribution in [1.29, 1.82) is 0 Å². The van der Waals surface area contributed by atoms with Gasteiger partial charge in [-0.25, -0.2) is 0 Å². The van der Waals surface area contributed by atoms with Gasteiger partial charge in [0.15, 0.2) is 6.29 Å². The Balaban J connectivity index is 2.74. The molecule has 0 fully saturated rings. The fraction of sp³-hybridized carbons (Fsp3) is 0.300. The molecule has 0 aromatic heterocycles. The molecule has 0 radical (unpaired) electrons. The highest BCUT2D eigenvalue weighted by Gasteiger charge is 2.07. The average Bonchev–Trinajstić information content (AvgIpc) is 2.26. The maximum Gasteiger partial charge on any atom is 0.151 e. The maximum absolute atomic E-state index is 10.7. The summed E-state index contributed by atoms with van der Waals surface area (Å²) in [6.07, 6.45) is -0.0437. The van der Waals surface area contributed by atoms with E-state index < -0.39 is 6.10 Å². The first-order valence-electron chi connectivity index (χ1n) is 4.34. The zero-order valence-corrected chi connectivity index (χ0v) is 9.46. The van der Waals surface area contributed by atoms with E-state index in [0.29, 0.717) is 21.2 Å². The smallest absolute Gasteiger partial charge is 0.151 e. The van der Waals surface area contributed by atoms with E-state index in [2.05, 4.69) is 0 Å². The van der Waals surface area contributed by atoms with Gasteiger partial charge in [-0.1, -0.05) is 11.6 Å². The molecule has 2 N–H and O–H groups in total. The largest absolute Gasteiger partial charge is 0.394 e. The molecule has 3 nitrogen and oxygen atoms in total. The lowest BCUT2D eigenvalue weighted by atomic mass is 10.2. The summed E-state index contributed by atoms with van der Waals surface area (Å²) in [6.45, 7) is -0.288. The van der Waals surface area contributed by atoms with Gasteiger partial charge in [0.05, 0.1) is 12.7 Å². The van der Waals surface area contributed by atoms with E-state index in [4.69, 9.17) is 21.8 Å². The molecule has 15 heavy (non-hydrogen) atoms. The van der Waals surface area contributed by atoms with Gasteiger partial charge in [0.25, 0.3) is 0 Å². The Morgan fingerprint density at radius 1 is 1.53 bits per heavy atom. The molecule has 0 aliphatic carbocycles. The molecular formula is C10H11ClO3S. The molecule has 0 spiro atoms. The minimum absolute atomic E-state index is 0.288. The van der Waals surface area contributed by atoms with Gasteiger partial charge in [-0.3, -0.25) is 4.79 Å². The molecule has 0 amide bonds. The second-order valence-electron chi connectivity index (χ2n) is 2.95. The van der Waals surface area contributed by atoms with E-state index in [9.17, 15) is 4.79 Å². The van der Waals surface area contributed by atoms with E-state index in [1.807, 2.05) is 0 Å². The van der Waals surface area contributed by atoms with Crippen LogP contribution in [0.15, 0.2) is 23.1 Å². The van der Waals surface area contributed by atoms with Crippen LogP contribution in [0.5, 0.6) is 0 Å². The third-order valence-electron chi connectivity index (χ3n) is 1.74. The number of rotatable bonds is 5. The summed E-state index contributed by atoms with van der Waals surface area (Å²) in [7, 11) is 0. The zero-order chi connectivity index (χ0) is 11.3. The van der Waals surface area contributed by atoms with Crippen molar-refractivity contribution in [3.05, 3.63) is 28.8 Å². The van der Waals surface area contributed by atoms with Gasteiger partial charge in [0, 0.05) is 21.2 Å². The van der Waals surface area contributed by atoms with Crippen LogP contribution in [0.25, 0.3) is 0 Å². The normalized spacial score (nSPS) is 12.5. The molecule has 0 aliphatic heterocycles. The predicted molar refractivity (Wildman–Crippen MR) is 60.7 cm³/mol. The number of aliphatic hydroxyl groups excluding tert-OH is 2. The Morgan fingerprint density at radius 3 is 2.87 bits per heavy atom. The van der Waals surface area contributed by atoms with E-state index in [-0.39, 0.29) is 6.61 Å². The molecule has 82 valence electrons. The molecule has 1 rings (SSSR count). The van der Waals surface area contributed by atoms with Crippen LogP contribution < -0.4 is 0 Å². The number of hydrogen-bond donors (Lipinski definition) is 2. The second kappa shape index (κ2) is 6.12. The van der Waals surface area contributed by atoms with Gasteiger partial charge in [0.1, 0.15) is 0 Å². The quantitative estimate of drug-likeness (QED) is 0.612. The van der Waals surface area contributed by atoms with Crippen LogP contribution in [0, 0.1) is 0 Å². The number of aliphatic hydroxyl groups is 2. The molecule has 0 saturated carbocycles. The molecule has 0 saturated heterocycles. The Morgan fingerprint density at radius 2 is 2.27 bits per heavy atom. The number of carbonyl (C=O) groups excluding carboxylic acids is 1. The van der Waals surface area contributed by atoms with Crippen molar-refractivity contribution in [3.8, 4) is 0 Å². The summed E-state index contributed by atoms with van der Waals surface area (Å²) in [5.41, 5.74) is 0.537. The Kier molecular flexibility index (Phi) is 5.11. The molecule has 0 bridgehead atoms. The molecule has 0 heterocycles. The third-order valence-corrected chi connectivity index (χ3v) is 3.20. The zero-order valence-electron chi connectivity index (χ0n) is 7.89. The minimum Gasteiger partial charge on any atom is -0.394 e. The molecular weight excluding hydrogens is 236 g/mol. The lowest BCUT2D eigenvalue weighted by molar-refractivity contribution is 0.111. The van der Waals surface area contributed by atoms with Gasteiger partial charge < -0.3 is 10.2 Å². The fourth-order valence-electron chi connectivity index (χ4n) is 0.969. The molecule has 5 heteroatoms. The standard InChI is InChI=1S/C10H11ClO3S/c11-8-2-1-7(4-12)10(3-8)15-6-9(14)5-13/h1-4,9,13-14H,5-6H2. The van der Waals surface area contributed by atoms with Crippen LogP contribution >= 0.6 is 23.4 Å². The Hall–Kier alpha value is -0.550. The van der Waals surface area contributed by atoms with Crippen LogP contribution in [-0.4, -0.2) is 35.0 Å². The van der Waals surface area contributed by atoms with Gasteiger partial charge >= 0.3 is 0 Å². The topological polar surface area (TPSA) is 57.5 Å². The van der Waals surface area contributed by atoms with E-state index in [1.165, 1.54) is 11.8 Å². The minimum atomic E-state index is -0.784. The highest BCUT2D eigenvalue weighted by molar-refractivity contribution is 7.99. The van der Waals surface area contributed by atoms with Crippen LogP contribution in [0.2, 0.25) is 5.02 Å². The first-order valence-corrected chi connectivity index (χ1v) is 5.70. The van der Waals surface area contributed by atoms with E-state index >= 15 is 0 Å². The Bertz CT molecular complexity index is 343. The number of thioether (sulfide) groups is 1. The first-order chi connectivity index (χ1) is 7.17. The molecule has 1 aromatic carbocycles. The Labute approximate surface area is 97.1 Å². The second-order valence-corrected chi connectivity index (χ2v) is 4.45. The molecule has 1 aromatic rings. The lowest BCUT2D eigenvalue weighted by Crippen LogP contribution is -2.14. The van der Waals surface area contributed by atoms with Crippen molar-refractivity contribution in [2.75, 3.05) is 12.4 Å². The van der Waals surface area contributed by atoms with Crippen molar-refractivity contribution < 1.29 is 15.0 Å². The predicted octanol–water partition coefficient (Wildman–Crippen LogP) is 1.60. The van der Waals surface area contributed by atoms with Crippen LogP contribution in [0.1, 0.15) is 10.4 Å². The molecule has 0 aliphatic rings. The van der Waals surface area contributed by atoms with E-state index in [0.717, 1.165) is 6.29 Å². The van der Waals surface area contributed by atoms with Crippen molar-refractivity contribution in [2.45, 2.75) is 11.0 Å². The van der Waals surface area contributed by atoms with Gasteiger partial charge in [-0.15, -0.1) is 11.8 Å². The average molecular weight is 247 g/mol. The number of aldehydes is 1. The summed E-state index contributed by atoms with van der Waals surface area (Å²) >= 11 is 7.07. The first kappa shape index (κ1) is 12.5. The summed E-state index contributed by atoms with van der Waals surface area (Å²) in [4.78, 5) is 11.4. The summed E-state index contributed by atoms with van der Waals surface area (Å²) in [6, 6.07) is 4.93. The molecule has 1 unspecified atom stereocenters. The number of hydrogen-bond acceptors (Lipinski definition) is 4. The van der Waals surface area contributed by atoms with Crippen LogP contribution in [0.4, 0.5) is 0 Å². The summed E-state index contributed by atoms with van der Waals surface area (Å²) in [5.74, 6) is 0.331. The SMILES string of the molecule is O=Cc1ccc(Cl)cc1SCC(O)CO. The van der Waals surface area contributed by atoms with Crippen LogP contribution in [0.3, 0.4) is 0 Å². The van der Waals surface area contributed by atoms with Crippen molar-refractivity contribution in [3.63, 3.8) is 0 Å². The van der Waals surface area contributed by atoms with Crippen molar-refractivity contribution >= 4 is 29.6 Å². The third kappa shape index (κ3) is 3.83. The van der Waals surface area contributed by atoms with Gasteiger partial charge in [0.2, 0.25) is 0 Å². The fourth-order valence-corrected chi connectivity index (χ4v) is 2.18. The van der Waals surface area contributed by atoms with Gasteiger partial charge in [-0.05, 0) is 18.2 Å². The summed E-state index contributed by atoms with van der Waals surface area (Å²) < 4.78 is 0. The monoisotopic (exact) mass is 246 g/mol. The van der Waals surface area contributed by atoms with Crippen LogP contribution in [-0.2, 0) is 0 Å². The lowest BCUT2D eigenvalue weighted by Gasteiger charge is -2.08. The van der Waals surface area contributed by atoms with Gasteiger partial charge in [-0.2, -0.15) is 0 Å². The number of carbonyl (C=O) groups is 1. The number of halogens is 1. The van der Waals surface area contributed by atoms with Crippen molar-refractivity contribution in [1.82, 2.24) is 0 Å². The number of benzene rings is 1.